The summed E-state index contributed by atoms with van der Waals surface area (Å²) in [7, 11) is 0. The maximum Gasteiger partial charge on any atom is 0.418 e. The van der Waals surface area contributed by atoms with E-state index in [-0.39, 0.29) is 12.2 Å². The van der Waals surface area contributed by atoms with Crippen molar-refractivity contribution >= 4 is 5.71 Å². The number of alkyl halides is 3. The third-order valence-electron chi connectivity index (χ3n) is 4.96. The van der Waals surface area contributed by atoms with E-state index in [1.54, 1.807) is 6.20 Å². The highest BCUT2D eigenvalue weighted by Gasteiger charge is 2.38. The molecule has 0 atom stereocenters. The van der Waals surface area contributed by atoms with E-state index in [0.717, 1.165) is 29.7 Å². The van der Waals surface area contributed by atoms with Crippen molar-refractivity contribution in [1.29, 1.82) is 0 Å². The van der Waals surface area contributed by atoms with Gasteiger partial charge in [-0.15, -0.1) is 0 Å². The summed E-state index contributed by atoms with van der Waals surface area (Å²) in [5.74, 6) is -0.770. The lowest BCUT2D eigenvalue weighted by molar-refractivity contribution is -0.0956. The Balaban J connectivity index is 0.000000715. The molecule has 1 aliphatic carbocycles. The van der Waals surface area contributed by atoms with Crippen LogP contribution in [-0.2, 0) is 0 Å². The molecule has 0 unspecified atom stereocenters. The summed E-state index contributed by atoms with van der Waals surface area (Å²) in [6, 6.07) is 0. The van der Waals surface area contributed by atoms with Crippen LogP contribution in [0, 0.1) is 0 Å². The van der Waals surface area contributed by atoms with Crippen molar-refractivity contribution in [3.63, 3.8) is 0 Å². The standard InChI is InChI=1S/C20H24F3N3O.C4H9N.C2H6/c1-3-5-6-15-8-7-14(10-17(15)25-9-4-2)11-26-18-13-24-12-16(19(18)27)20(21,22)23;1-2-4-5-3-1;1-2/h4,6-10,13,24,26-27H,3,5,11-12H2,1-2H3;5H,1-4H2;1-2H3/b9-4-,15-6+,25-17+;;. The van der Waals surface area contributed by atoms with Crippen LogP contribution >= 0.6 is 0 Å². The van der Waals surface area contributed by atoms with Crippen molar-refractivity contribution in [2.75, 3.05) is 26.2 Å². The van der Waals surface area contributed by atoms with Crippen molar-refractivity contribution < 1.29 is 18.3 Å². The Labute approximate surface area is 202 Å². The van der Waals surface area contributed by atoms with E-state index < -0.39 is 24.1 Å². The van der Waals surface area contributed by atoms with Crippen LogP contribution in [0.2, 0.25) is 0 Å². The molecule has 190 valence electrons. The lowest BCUT2D eigenvalue weighted by Crippen LogP contribution is -2.32. The highest BCUT2D eigenvalue weighted by atomic mass is 19.4. The molecule has 0 radical (unpaired) electrons. The Kier molecular flexibility index (Phi) is 13.8. The van der Waals surface area contributed by atoms with Crippen LogP contribution in [0.1, 0.15) is 53.4 Å². The van der Waals surface area contributed by atoms with Gasteiger partial charge >= 0.3 is 6.18 Å². The lowest BCUT2D eigenvalue weighted by atomic mass is 9.98. The smallest absolute Gasteiger partial charge is 0.418 e. The highest BCUT2D eigenvalue weighted by Crippen LogP contribution is 2.30. The van der Waals surface area contributed by atoms with Crippen LogP contribution in [0.15, 0.2) is 75.9 Å². The summed E-state index contributed by atoms with van der Waals surface area (Å²) in [5, 5.41) is 18.5. The van der Waals surface area contributed by atoms with E-state index in [1.165, 1.54) is 32.1 Å². The second kappa shape index (κ2) is 16.0. The molecule has 3 aliphatic rings. The predicted molar refractivity (Wildman–Crippen MR) is 136 cm³/mol. The molecule has 5 nitrogen and oxygen atoms in total. The summed E-state index contributed by atoms with van der Waals surface area (Å²) in [5.41, 5.74) is 1.69. The molecule has 34 heavy (non-hydrogen) atoms. The molecule has 4 N–H and O–H groups in total. The summed E-state index contributed by atoms with van der Waals surface area (Å²) < 4.78 is 38.7. The van der Waals surface area contributed by atoms with E-state index >= 15 is 0 Å². The Hall–Kier alpha value is -2.74. The van der Waals surface area contributed by atoms with Crippen LogP contribution < -0.4 is 16.0 Å². The average Bonchev–Trinajstić information content (AvgIpc) is 3.42. The molecule has 2 aliphatic heterocycles. The molecule has 0 aromatic rings. The van der Waals surface area contributed by atoms with Crippen molar-refractivity contribution in [2.24, 2.45) is 4.99 Å². The van der Waals surface area contributed by atoms with Crippen molar-refractivity contribution in [3.8, 4) is 0 Å². The fourth-order valence-electron chi connectivity index (χ4n) is 3.20. The number of hydrogen-bond acceptors (Lipinski definition) is 5. The zero-order valence-electron chi connectivity index (χ0n) is 20.7. The fourth-order valence-corrected chi connectivity index (χ4v) is 3.20. The zero-order chi connectivity index (χ0) is 25.4. The highest BCUT2D eigenvalue weighted by molar-refractivity contribution is 6.12. The molecule has 0 spiro atoms. The lowest BCUT2D eigenvalue weighted by Gasteiger charge is -2.22. The number of nitrogens with zero attached hydrogens (tertiary/aromatic N) is 1. The first kappa shape index (κ1) is 29.3. The Bertz CT molecular complexity index is 835. The quantitative estimate of drug-likeness (QED) is 0.377. The molecule has 1 fully saturated rings. The third-order valence-corrected chi connectivity index (χ3v) is 4.96. The van der Waals surface area contributed by atoms with Crippen LogP contribution in [-0.4, -0.2) is 43.2 Å². The number of allylic oxidation sites excluding steroid dienone is 5. The van der Waals surface area contributed by atoms with Crippen LogP contribution in [0.3, 0.4) is 0 Å². The number of halogens is 3. The van der Waals surface area contributed by atoms with Crippen molar-refractivity contribution in [2.45, 2.75) is 59.6 Å². The minimum atomic E-state index is -4.58. The summed E-state index contributed by atoms with van der Waals surface area (Å²) in [6.45, 7) is 10.3. The summed E-state index contributed by atoms with van der Waals surface area (Å²) in [6.07, 6.45) is 12.9. The zero-order valence-corrected chi connectivity index (χ0v) is 20.7. The van der Waals surface area contributed by atoms with Gasteiger partial charge in [-0.25, -0.2) is 0 Å². The number of rotatable bonds is 6. The van der Waals surface area contributed by atoms with Crippen LogP contribution in [0.4, 0.5) is 13.2 Å². The maximum absolute atomic E-state index is 12.9. The van der Waals surface area contributed by atoms with Gasteiger partial charge in [0.15, 0.2) is 0 Å². The Morgan fingerprint density at radius 1 is 1.18 bits per heavy atom. The minimum absolute atomic E-state index is 0.0159. The van der Waals surface area contributed by atoms with Gasteiger partial charge in [-0.05, 0) is 56.5 Å². The number of unbranched alkanes of at least 4 members (excludes halogenated alkanes) is 1. The fraction of sp³-hybridized carbons (Fsp3) is 0.500. The van der Waals surface area contributed by atoms with Gasteiger partial charge in [0.05, 0.1) is 17.0 Å². The summed E-state index contributed by atoms with van der Waals surface area (Å²) >= 11 is 0. The normalized spacial score (nSPS) is 20.3. The van der Waals surface area contributed by atoms with Gasteiger partial charge < -0.3 is 21.1 Å². The van der Waals surface area contributed by atoms with Crippen LogP contribution in [0.5, 0.6) is 0 Å². The Morgan fingerprint density at radius 2 is 1.88 bits per heavy atom. The number of aliphatic hydroxyl groups is 1. The third kappa shape index (κ3) is 10.0. The van der Waals surface area contributed by atoms with Gasteiger partial charge in [0, 0.05) is 25.5 Å². The molecule has 1 saturated heterocycles. The van der Waals surface area contributed by atoms with Gasteiger partial charge in [-0.3, -0.25) is 4.99 Å². The van der Waals surface area contributed by atoms with Gasteiger partial charge in [0.25, 0.3) is 0 Å². The predicted octanol–water partition coefficient (Wildman–Crippen LogP) is 5.99. The maximum atomic E-state index is 12.9. The first-order valence-electron chi connectivity index (χ1n) is 12.0. The van der Waals surface area contributed by atoms with Gasteiger partial charge in [0.1, 0.15) is 5.76 Å². The first-order chi connectivity index (χ1) is 16.4. The average molecular weight is 481 g/mol. The molecule has 0 aromatic heterocycles. The minimum Gasteiger partial charge on any atom is -0.505 e. The van der Waals surface area contributed by atoms with Gasteiger partial charge in [-0.1, -0.05) is 51.5 Å². The van der Waals surface area contributed by atoms with E-state index in [4.69, 9.17) is 0 Å². The second-order valence-electron chi connectivity index (χ2n) is 7.57. The number of hydrogen-bond donors (Lipinski definition) is 4. The van der Waals surface area contributed by atoms with E-state index in [1.807, 2.05) is 45.1 Å². The van der Waals surface area contributed by atoms with Crippen molar-refractivity contribution in [1.82, 2.24) is 16.0 Å². The van der Waals surface area contributed by atoms with E-state index in [9.17, 15) is 18.3 Å². The van der Waals surface area contributed by atoms with Gasteiger partial charge in [-0.2, -0.15) is 13.2 Å². The Morgan fingerprint density at radius 3 is 2.44 bits per heavy atom. The topological polar surface area (TPSA) is 68.7 Å². The number of nitrogens with one attached hydrogen (secondary N) is 3. The molecule has 8 heteroatoms. The second-order valence-corrected chi connectivity index (χ2v) is 7.57. The molecular weight excluding hydrogens is 441 g/mol. The number of dihydropyridines is 1. The molecule has 0 aromatic carbocycles. The molecule has 3 rings (SSSR count). The molecule has 0 bridgehead atoms. The van der Waals surface area contributed by atoms with Crippen LogP contribution in [0.25, 0.3) is 0 Å². The SMILES string of the molecule is C1CCNC1.CC.C\C=C/N=C1\C=C(CNC2=CNCC(C(F)(F)F)=C2O)C=C\C1=C/CCC. The number of aliphatic imine (C=N–C) groups is 1. The van der Waals surface area contributed by atoms with E-state index in [2.05, 4.69) is 33.9 Å². The molecule has 0 saturated carbocycles. The molecule has 2 heterocycles. The van der Waals surface area contributed by atoms with E-state index in [0.29, 0.717) is 0 Å². The summed E-state index contributed by atoms with van der Waals surface area (Å²) in [4.78, 5) is 4.42. The largest absolute Gasteiger partial charge is 0.505 e. The van der Waals surface area contributed by atoms with Crippen molar-refractivity contribution in [3.05, 3.63) is 71.0 Å². The molecular formula is C26H39F3N4O. The van der Waals surface area contributed by atoms with Gasteiger partial charge in [0.2, 0.25) is 0 Å². The molecule has 0 amide bonds. The number of aliphatic hydroxyl groups excluding tert-OH is 1. The first-order valence-corrected chi connectivity index (χ1v) is 12.0. The monoisotopic (exact) mass is 480 g/mol.